The molecule has 2 aromatic heterocycles. The first-order valence-corrected chi connectivity index (χ1v) is 10.9. The highest BCUT2D eigenvalue weighted by atomic mass is 16.4. The molecule has 1 fully saturated rings. The van der Waals surface area contributed by atoms with E-state index in [1.54, 1.807) is 23.4 Å². The third-order valence-corrected chi connectivity index (χ3v) is 5.96. The zero-order valence-corrected chi connectivity index (χ0v) is 17.7. The number of aromatic nitrogens is 3. The second-order valence-corrected chi connectivity index (χ2v) is 8.20. The number of likely N-dealkylation sites (tertiary alicyclic amines) is 1. The lowest BCUT2D eigenvalue weighted by atomic mass is 9.98. The summed E-state index contributed by atoms with van der Waals surface area (Å²) < 4.78 is 7.27. The first-order chi connectivity index (χ1) is 15.7. The molecule has 0 radical (unpaired) electrons. The Bertz CT molecular complexity index is 1300. The topological polar surface area (TPSA) is 81.2 Å². The molecule has 0 spiro atoms. The van der Waals surface area contributed by atoms with E-state index >= 15 is 0 Å². The third kappa shape index (κ3) is 4.19. The number of piperidine rings is 1. The van der Waals surface area contributed by atoms with Gasteiger partial charge in [-0.25, -0.2) is 9.67 Å². The van der Waals surface area contributed by atoms with Crippen molar-refractivity contribution < 1.29 is 9.21 Å². The number of carbonyl (C=O) groups is 1. The number of oxazole rings is 1. The van der Waals surface area contributed by atoms with Crippen molar-refractivity contribution in [2.24, 2.45) is 0 Å². The predicted octanol–water partition coefficient (Wildman–Crippen LogP) is 3.38. The third-order valence-electron chi connectivity index (χ3n) is 5.96. The van der Waals surface area contributed by atoms with Crippen LogP contribution in [-0.4, -0.2) is 38.7 Å². The number of amides is 1. The van der Waals surface area contributed by atoms with Gasteiger partial charge in [0, 0.05) is 24.9 Å². The van der Waals surface area contributed by atoms with Crippen LogP contribution in [0.3, 0.4) is 0 Å². The first kappa shape index (κ1) is 20.2. The Labute approximate surface area is 185 Å². The monoisotopic (exact) mass is 428 g/mol. The summed E-state index contributed by atoms with van der Waals surface area (Å²) >= 11 is 0. The van der Waals surface area contributed by atoms with Gasteiger partial charge in [-0.2, -0.15) is 5.10 Å². The van der Waals surface area contributed by atoms with Gasteiger partial charge in [-0.3, -0.25) is 9.59 Å². The average molecular weight is 428 g/mol. The van der Waals surface area contributed by atoms with Crippen molar-refractivity contribution >= 4 is 16.7 Å². The van der Waals surface area contributed by atoms with Gasteiger partial charge in [0.15, 0.2) is 5.89 Å². The molecule has 1 aliphatic heterocycles. The van der Waals surface area contributed by atoms with Crippen molar-refractivity contribution in [3.63, 3.8) is 0 Å². The summed E-state index contributed by atoms with van der Waals surface area (Å²) in [5.74, 6) is 1.44. The smallest absolute Gasteiger partial charge is 0.275 e. The first-order valence-electron chi connectivity index (χ1n) is 10.9. The quantitative estimate of drug-likeness (QED) is 0.487. The molecule has 1 amide bonds. The Morgan fingerprint density at radius 3 is 2.75 bits per heavy atom. The summed E-state index contributed by atoms with van der Waals surface area (Å²) in [5.41, 5.74) is 0.923. The van der Waals surface area contributed by atoms with Gasteiger partial charge in [-0.05, 0) is 24.5 Å². The van der Waals surface area contributed by atoms with E-state index in [4.69, 9.17) is 4.42 Å². The van der Waals surface area contributed by atoms with Crippen molar-refractivity contribution in [3.8, 4) is 0 Å². The SMILES string of the molecule is O=C(Cn1ncc2ccccc2c1=O)N1CCCC(c2ncc(Cc3ccccc3)o2)C1. The van der Waals surface area contributed by atoms with Gasteiger partial charge in [0.2, 0.25) is 5.91 Å². The minimum atomic E-state index is -0.247. The molecule has 0 saturated carbocycles. The van der Waals surface area contributed by atoms with Crippen LogP contribution < -0.4 is 5.56 Å². The number of fused-ring (bicyclic) bond motifs is 1. The Morgan fingerprint density at radius 2 is 1.88 bits per heavy atom. The van der Waals surface area contributed by atoms with Gasteiger partial charge >= 0.3 is 0 Å². The second kappa shape index (κ2) is 8.78. The van der Waals surface area contributed by atoms with E-state index in [0.29, 0.717) is 30.8 Å². The highest BCUT2D eigenvalue weighted by Crippen LogP contribution is 2.27. The van der Waals surface area contributed by atoms with Crippen molar-refractivity contribution in [2.45, 2.75) is 31.7 Å². The van der Waals surface area contributed by atoms with Gasteiger partial charge in [0.25, 0.3) is 5.56 Å². The number of carbonyl (C=O) groups excluding carboxylic acids is 1. The molecule has 1 atom stereocenters. The number of nitrogens with zero attached hydrogens (tertiary/aromatic N) is 4. The van der Waals surface area contributed by atoms with E-state index in [-0.39, 0.29) is 23.9 Å². The molecule has 0 N–H and O–H groups in total. The number of hydrogen-bond acceptors (Lipinski definition) is 5. The van der Waals surface area contributed by atoms with E-state index in [1.165, 1.54) is 10.2 Å². The lowest BCUT2D eigenvalue weighted by Gasteiger charge is -2.31. The van der Waals surface area contributed by atoms with Crippen LogP contribution in [0, 0.1) is 0 Å². The van der Waals surface area contributed by atoms with Gasteiger partial charge in [-0.1, -0.05) is 48.5 Å². The number of hydrogen-bond donors (Lipinski definition) is 0. The van der Waals surface area contributed by atoms with Gasteiger partial charge < -0.3 is 9.32 Å². The van der Waals surface area contributed by atoms with Crippen LogP contribution in [0.4, 0.5) is 0 Å². The zero-order chi connectivity index (χ0) is 21.9. The molecule has 1 aliphatic rings. The maximum atomic E-state index is 13.0. The average Bonchev–Trinajstić information content (AvgIpc) is 3.30. The molecule has 0 aliphatic carbocycles. The lowest BCUT2D eigenvalue weighted by Crippen LogP contribution is -2.42. The van der Waals surface area contributed by atoms with Crippen molar-refractivity contribution in [1.29, 1.82) is 0 Å². The molecule has 32 heavy (non-hydrogen) atoms. The normalized spacial score (nSPS) is 16.4. The van der Waals surface area contributed by atoms with Crippen molar-refractivity contribution in [1.82, 2.24) is 19.7 Å². The van der Waals surface area contributed by atoms with Crippen LogP contribution in [0.25, 0.3) is 10.8 Å². The van der Waals surface area contributed by atoms with E-state index in [1.807, 2.05) is 36.4 Å². The zero-order valence-electron chi connectivity index (χ0n) is 17.7. The Kier molecular flexibility index (Phi) is 5.54. The molecule has 5 rings (SSSR count). The summed E-state index contributed by atoms with van der Waals surface area (Å²) in [4.78, 5) is 31.9. The summed E-state index contributed by atoms with van der Waals surface area (Å²) in [6.45, 7) is 1.13. The number of rotatable bonds is 5. The molecular formula is C25H24N4O3. The molecule has 7 heteroatoms. The summed E-state index contributed by atoms with van der Waals surface area (Å²) in [6.07, 6.45) is 5.89. The maximum absolute atomic E-state index is 13.0. The second-order valence-electron chi connectivity index (χ2n) is 8.20. The largest absolute Gasteiger partial charge is 0.445 e. The standard InChI is InChI=1S/C25H24N4O3/c30-23(17-29-25(31)22-11-5-4-9-19(22)14-27-29)28-12-6-10-20(16-28)24-26-15-21(32-24)13-18-7-2-1-3-8-18/h1-5,7-9,11,14-15,20H,6,10,12-13,16-17H2. The molecule has 4 aromatic rings. The fourth-order valence-corrected chi connectivity index (χ4v) is 4.26. The maximum Gasteiger partial charge on any atom is 0.275 e. The number of benzene rings is 2. The molecule has 7 nitrogen and oxygen atoms in total. The van der Waals surface area contributed by atoms with Gasteiger partial charge in [-0.15, -0.1) is 0 Å². The van der Waals surface area contributed by atoms with Crippen LogP contribution in [0.5, 0.6) is 0 Å². The summed E-state index contributed by atoms with van der Waals surface area (Å²) in [7, 11) is 0. The van der Waals surface area contributed by atoms with E-state index < -0.39 is 0 Å². The molecule has 0 bridgehead atoms. The molecule has 1 saturated heterocycles. The van der Waals surface area contributed by atoms with Crippen LogP contribution in [0.2, 0.25) is 0 Å². The van der Waals surface area contributed by atoms with Crippen LogP contribution in [0.15, 0.2) is 76.2 Å². The Morgan fingerprint density at radius 1 is 1.06 bits per heavy atom. The van der Waals surface area contributed by atoms with Crippen molar-refractivity contribution in [3.05, 3.63) is 94.6 Å². The van der Waals surface area contributed by atoms with Gasteiger partial charge in [0.1, 0.15) is 12.3 Å². The minimum absolute atomic E-state index is 0.0542. The van der Waals surface area contributed by atoms with Crippen LogP contribution in [0.1, 0.15) is 36.0 Å². The van der Waals surface area contributed by atoms with Gasteiger partial charge in [0.05, 0.1) is 23.7 Å². The van der Waals surface area contributed by atoms with E-state index in [9.17, 15) is 9.59 Å². The van der Waals surface area contributed by atoms with Crippen molar-refractivity contribution in [2.75, 3.05) is 13.1 Å². The fourth-order valence-electron chi connectivity index (χ4n) is 4.26. The van der Waals surface area contributed by atoms with E-state index in [2.05, 4.69) is 22.2 Å². The lowest BCUT2D eigenvalue weighted by molar-refractivity contribution is -0.133. The minimum Gasteiger partial charge on any atom is -0.445 e. The predicted molar refractivity (Wildman–Crippen MR) is 120 cm³/mol. The Balaban J connectivity index is 1.27. The Hall–Kier alpha value is -3.74. The highest BCUT2D eigenvalue weighted by Gasteiger charge is 2.28. The fraction of sp³-hybridized carbons (Fsp3) is 0.280. The molecule has 162 valence electrons. The summed E-state index contributed by atoms with van der Waals surface area (Å²) in [6, 6.07) is 17.4. The van der Waals surface area contributed by atoms with Crippen LogP contribution in [-0.2, 0) is 17.8 Å². The van der Waals surface area contributed by atoms with Crippen LogP contribution >= 0.6 is 0 Å². The molecular weight excluding hydrogens is 404 g/mol. The van der Waals surface area contributed by atoms with E-state index in [0.717, 1.165) is 24.0 Å². The molecule has 3 heterocycles. The molecule has 1 unspecified atom stereocenters. The summed E-state index contributed by atoms with van der Waals surface area (Å²) in [5, 5.41) is 5.53. The molecule has 2 aromatic carbocycles. The highest BCUT2D eigenvalue weighted by molar-refractivity contribution is 5.81.